The Morgan fingerprint density at radius 2 is 2.00 bits per heavy atom. The first-order valence-corrected chi connectivity index (χ1v) is 9.59. The maximum Gasteiger partial charge on any atom is 0.254 e. The first kappa shape index (κ1) is 16.5. The van der Waals surface area contributed by atoms with E-state index in [1.54, 1.807) is 23.1 Å². The van der Waals surface area contributed by atoms with Crippen molar-refractivity contribution >= 4 is 29.0 Å². The largest absolute Gasteiger partial charge is 0.372 e. The summed E-state index contributed by atoms with van der Waals surface area (Å²) in [5.41, 5.74) is 3.68. The molecule has 122 valence electrons. The maximum absolute atomic E-state index is 12.6. The van der Waals surface area contributed by atoms with Crippen molar-refractivity contribution in [2.75, 3.05) is 13.1 Å². The molecule has 0 saturated carbocycles. The monoisotopic (exact) mass is 348 g/mol. The van der Waals surface area contributed by atoms with Crippen molar-refractivity contribution < 1.29 is 9.53 Å². The predicted octanol–water partition coefficient (Wildman–Crippen LogP) is 3.68. The van der Waals surface area contributed by atoms with Gasteiger partial charge in [-0.2, -0.15) is 0 Å². The smallest absolute Gasteiger partial charge is 0.254 e. The second-order valence-corrected chi connectivity index (χ2v) is 7.53. The average molecular weight is 348 g/mol. The van der Waals surface area contributed by atoms with E-state index < -0.39 is 0 Å². The molecule has 2 heterocycles. The number of aromatic nitrogens is 1. The Hall–Kier alpha value is -1.37. The highest BCUT2D eigenvalue weighted by Crippen LogP contribution is 2.23. The number of hydrogen-bond acceptors (Lipinski definition) is 5. The van der Waals surface area contributed by atoms with Gasteiger partial charge in [0, 0.05) is 34.7 Å². The van der Waals surface area contributed by atoms with E-state index in [4.69, 9.17) is 4.74 Å². The van der Waals surface area contributed by atoms with E-state index in [9.17, 15) is 4.79 Å². The van der Waals surface area contributed by atoms with E-state index in [1.165, 1.54) is 0 Å². The molecule has 1 aliphatic heterocycles. The van der Waals surface area contributed by atoms with E-state index in [-0.39, 0.29) is 18.1 Å². The maximum atomic E-state index is 12.6. The van der Waals surface area contributed by atoms with Crippen LogP contribution in [0.2, 0.25) is 0 Å². The van der Waals surface area contributed by atoms with Gasteiger partial charge in [-0.3, -0.25) is 4.79 Å². The number of morpholine rings is 1. The summed E-state index contributed by atoms with van der Waals surface area (Å²) in [7, 11) is 0. The van der Waals surface area contributed by atoms with Crippen LogP contribution < -0.4 is 0 Å². The minimum atomic E-state index is 0.0862. The molecule has 1 aromatic carbocycles. The highest BCUT2D eigenvalue weighted by molar-refractivity contribution is 7.98. The van der Waals surface area contributed by atoms with Crippen LogP contribution in [0.15, 0.2) is 40.1 Å². The number of carbonyl (C=O) groups excluding carboxylic acids is 1. The molecule has 2 atom stereocenters. The van der Waals surface area contributed by atoms with Gasteiger partial charge in [-0.15, -0.1) is 23.1 Å². The molecule has 0 radical (unpaired) electrons. The summed E-state index contributed by atoms with van der Waals surface area (Å²) in [5.74, 6) is 0.943. The van der Waals surface area contributed by atoms with Crippen molar-refractivity contribution in [3.8, 4) is 0 Å². The highest BCUT2D eigenvalue weighted by atomic mass is 32.2. The minimum Gasteiger partial charge on any atom is -0.372 e. The Balaban J connectivity index is 1.61. The van der Waals surface area contributed by atoms with Crippen LogP contribution >= 0.6 is 23.1 Å². The van der Waals surface area contributed by atoms with Crippen LogP contribution in [0.25, 0.3) is 0 Å². The van der Waals surface area contributed by atoms with Gasteiger partial charge in [0.15, 0.2) is 0 Å². The summed E-state index contributed by atoms with van der Waals surface area (Å²) in [6.07, 6.45) is 0.186. The molecule has 6 heteroatoms. The van der Waals surface area contributed by atoms with E-state index in [1.807, 2.05) is 48.5 Å². The molecular weight excluding hydrogens is 328 g/mol. The van der Waals surface area contributed by atoms with Crippen molar-refractivity contribution in [3.05, 3.63) is 46.4 Å². The molecule has 2 aromatic rings. The van der Waals surface area contributed by atoms with E-state index >= 15 is 0 Å². The van der Waals surface area contributed by atoms with Crippen molar-refractivity contribution in [1.82, 2.24) is 9.88 Å². The van der Waals surface area contributed by atoms with Crippen LogP contribution in [-0.4, -0.2) is 41.1 Å². The topological polar surface area (TPSA) is 42.4 Å². The summed E-state index contributed by atoms with van der Waals surface area (Å²) in [4.78, 5) is 19.9. The lowest BCUT2D eigenvalue weighted by atomic mass is 10.1. The number of hydrogen-bond donors (Lipinski definition) is 0. The summed E-state index contributed by atoms with van der Waals surface area (Å²) in [6, 6.07) is 7.85. The quantitative estimate of drug-likeness (QED) is 0.791. The minimum absolute atomic E-state index is 0.0862. The SMILES string of the molecule is CC1CN(C(=O)c2ccc(SCc3cscn3)cc2)CC(C)O1. The molecule has 23 heavy (non-hydrogen) atoms. The van der Waals surface area contributed by atoms with Gasteiger partial charge in [-0.1, -0.05) is 0 Å². The van der Waals surface area contributed by atoms with Gasteiger partial charge in [-0.25, -0.2) is 4.98 Å². The molecule has 2 unspecified atom stereocenters. The molecule has 4 nitrogen and oxygen atoms in total. The van der Waals surface area contributed by atoms with Crippen molar-refractivity contribution in [2.24, 2.45) is 0 Å². The number of amides is 1. The van der Waals surface area contributed by atoms with Gasteiger partial charge >= 0.3 is 0 Å². The Kier molecular flexibility index (Phi) is 5.35. The molecule has 1 aromatic heterocycles. The van der Waals surface area contributed by atoms with Gasteiger partial charge in [0.1, 0.15) is 0 Å². The number of thiazole rings is 1. The normalized spacial score (nSPS) is 21.4. The first-order chi connectivity index (χ1) is 11.1. The zero-order valence-electron chi connectivity index (χ0n) is 13.3. The van der Waals surface area contributed by atoms with Crippen LogP contribution in [-0.2, 0) is 10.5 Å². The fourth-order valence-electron chi connectivity index (χ4n) is 2.69. The van der Waals surface area contributed by atoms with Gasteiger partial charge < -0.3 is 9.64 Å². The van der Waals surface area contributed by atoms with Crippen molar-refractivity contribution in [1.29, 1.82) is 0 Å². The van der Waals surface area contributed by atoms with Gasteiger partial charge in [0.05, 0.1) is 23.4 Å². The average Bonchev–Trinajstić information content (AvgIpc) is 3.05. The summed E-state index contributed by atoms with van der Waals surface area (Å²) in [5, 5.41) is 2.06. The Bertz CT molecular complexity index is 633. The molecule has 0 bridgehead atoms. The molecule has 1 saturated heterocycles. The number of ether oxygens (including phenoxy) is 1. The molecule has 0 aliphatic carbocycles. The number of nitrogens with zero attached hydrogens (tertiary/aromatic N) is 2. The lowest BCUT2D eigenvalue weighted by Crippen LogP contribution is -2.48. The molecule has 1 fully saturated rings. The van der Waals surface area contributed by atoms with E-state index in [2.05, 4.69) is 10.4 Å². The lowest BCUT2D eigenvalue weighted by Gasteiger charge is -2.35. The summed E-state index contributed by atoms with van der Waals surface area (Å²) in [6.45, 7) is 5.33. The van der Waals surface area contributed by atoms with Gasteiger partial charge in [0.25, 0.3) is 5.91 Å². The number of benzene rings is 1. The summed E-state index contributed by atoms with van der Waals surface area (Å²) < 4.78 is 5.69. The number of carbonyl (C=O) groups is 1. The third-order valence-electron chi connectivity index (χ3n) is 3.68. The second-order valence-electron chi connectivity index (χ2n) is 5.76. The fourth-order valence-corrected chi connectivity index (χ4v) is 4.15. The van der Waals surface area contributed by atoms with Gasteiger partial charge in [-0.05, 0) is 38.1 Å². The first-order valence-electron chi connectivity index (χ1n) is 7.66. The van der Waals surface area contributed by atoms with Crippen LogP contribution in [0.4, 0.5) is 0 Å². The molecule has 3 rings (SSSR count). The van der Waals surface area contributed by atoms with Crippen LogP contribution in [0, 0.1) is 0 Å². The molecule has 0 N–H and O–H groups in total. The zero-order chi connectivity index (χ0) is 16.2. The van der Waals surface area contributed by atoms with E-state index in [0.717, 1.165) is 21.9 Å². The lowest BCUT2D eigenvalue weighted by molar-refractivity contribution is -0.0586. The Morgan fingerprint density at radius 1 is 1.30 bits per heavy atom. The van der Waals surface area contributed by atoms with Gasteiger partial charge in [0.2, 0.25) is 0 Å². The van der Waals surface area contributed by atoms with Crippen LogP contribution in [0.1, 0.15) is 29.9 Å². The third-order valence-corrected chi connectivity index (χ3v) is 5.36. The van der Waals surface area contributed by atoms with Crippen molar-refractivity contribution in [3.63, 3.8) is 0 Å². The number of rotatable bonds is 4. The zero-order valence-corrected chi connectivity index (χ0v) is 14.9. The second kappa shape index (κ2) is 7.47. The van der Waals surface area contributed by atoms with Crippen LogP contribution in [0.3, 0.4) is 0 Å². The highest BCUT2D eigenvalue weighted by Gasteiger charge is 2.26. The molecular formula is C17H20N2O2S2. The Morgan fingerprint density at radius 3 is 2.61 bits per heavy atom. The van der Waals surface area contributed by atoms with Crippen LogP contribution in [0.5, 0.6) is 0 Å². The van der Waals surface area contributed by atoms with E-state index in [0.29, 0.717) is 13.1 Å². The third kappa shape index (κ3) is 4.34. The predicted molar refractivity (Wildman–Crippen MR) is 94.0 cm³/mol. The number of thioether (sulfide) groups is 1. The molecule has 1 aliphatic rings. The Labute approximate surface area is 144 Å². The molecule has 0 spiro atoms. The molecule has 1 amide bonds. The fraction of sp³-hybridized carbons (Fsp3) is 0.412. The summed E-state index contributed by atoms with van der Waals surface area (Å²) >= 11 is 3.35. The standard InChI is InChI=1S/C17H20N2O2S2/c1-12-7-19(8-13(2)21-12)17(20)14-3-5-16(6-4-14)23-10-15-9-22-11-18-15/h3-6,9,11-13H,7-8,10H2,1-2H3. The van der Waals surface area contributed by atoms with Crippen molar-refractivity contribution in [2.45, 2.75) is 36.7 Å².